The van der Waals surface area contributed by atoms with Crippen molar-refractivity contribution in [1.29, 1.82) is 0 Å². The van der Waals surface area contributed by atoms with Crippen LogP contribution in [0.2, 0.25) is 0 Å². The highest BCUT2D eigenvalue weighted by molar-refractivity contribution is 5.81. The van der Waals surface area contributed by atoms with Gasteiger partial charge in [-0.2, -0.15) is 0 Å². The van der Waals surface area contributed by atoms with Crippen LogP contribution >= 0.6 is 0 Å². The van der Waals surface area contributed by atoms with Gasteiger partial charge in [0, 0.05) is 6.08 Å². The fraction of sp³-hybridized carbons (Fsp3) is 0.182. The summed E-state index contributed by atoms with van der Waals surface area (Å²) < 4.78 is 16.9. The van der Waals surface area contributed by atoms with E-state index in [4.69, 9.17) is 0 Å². The van der Waals surface area contributed by atoms with Crippen molar-refractivity contribution < 1.29 is 13.9 Å². The molecule has 0 fully saturated rings. The smallest absolute Gasteiger partial charge is 0.330 e. The van der Waals surface area contributed by atoms with Gasteiger partial charge in [0.1, 0.15) is 5.82 Å². The molecule has 0 aromatic heterocycles. The Bertz CT molecular complexity index is 328. The highest BCUT2D eigenvalue weighted by Gasteiger charge is 1.92. The number of rotatable bonds is 3. The molecule has 1 rings (SSSR count). The SMILES string of the molecule is COC(=O)C=CCc1ccc(F)cc1. The van der Waals surface area contributed by atoms with Gasteiger partial charge in [0.2, 0.25) is 0 Å². The van der Waals surface area contributed by atoms with Crippen molar-refractivity contribution in [2.75, 3.05) is 7.11 Å². The van der Waals surface area contributed by atoms with Gasteiger partial charge in [-0.3, -0.25) is 0 Å². The monoisotopic (exact) mass is 194 g/mol. The number of allylic oxidation sites excluding steroid dienone is 1. The van der Waals surface area contributed by atoms with Crippen LogP contribution in [0.25, 0.3) is 0 Å². The number of hydrogen-bond donors (Lipinski definition) is 0. The zero-order valence-electron chi connectivity index (χ0n) is 7.87. The minimum Gasteiger partial charge on any atom is -0.466 e. The van der Waals surface area contributed by atoms with Crippen molar-refractivity contribution in [3.63, 3.8) is 0 Å². The molecule has 3 heteroatoms. The number of esters is 1. The molecule has 0 aliphatic heterocycles. The van der Waals surface area contributed by atoms with E-state index in [2.05, 4.69) is 4.74 Å². The minimum absolute atomic E-state index is 0.259. The Morgan fingerprint density at radius 2 is 2.07 bits per heavy atom. The lowest BCUT2D eigenvalue weighted by Gasteiger charge is -1.95. The number of methoxy groups -OCH3 is 1. The van der Waals surface area contributed by atoms with Gasteiger partial charge in [0.15, 0.2) is 0 Å². The fourth-order valence-electron chi connectivity index (χ4n) is 0.980. The van der Waals surface area contributed by atoms with Crippen LogP contribution < -0.4 is 0 Å². The van der Waals surface area contributed by atoms with Gasteiger partial charge >= 0.3 is 5.97 Å². The van der Waals surface area contributed by atoms with Gasteiger partial charge in [-0.05, 0) is 24.1 Å². The summed E-state index contributed by atoms with van der Waals surface area (Å²) in [6, 6.07) is 6.14. The largest absolute Gasteiger partial charge is 0.466 e. The summed E-state index contributed by atoms with van der Waals surface area (Å²) in [4.78, 5) is 10.7. The molecule has 2 nitrogen and oxygen atoms in total. The van der Waals surface area contributed by atoms with Crippen LogP contribution in [0.4, 0.5) is 4.39 Å². The third-order valence-electron chi connectivity index (χ3n) is 1.72. The quantitative estimate of drug-likeness (QED) is 0.544. The number of carbonyl (C=O) groups is 1. The molecule has 0 atom stereocenters. The lowest BCUT2D eigenvalue weighted by molar-refractivity contribution is -0.134. The molecule has 0 heterocycles. The summed E-state index contributed by atoms with van der Waals surface area (Å²) in [6.45, 7) is 0. The zero-order chi connectivity index (χ0) is 10.4. The molecule has 0 radical (unpaired) electrons. The Morgan fingerprint density at radius 1 is 1.43 bits per heavy atom. The highest BCUT2D eigenvalue weighted by atomic mass is 19.1. The van der Waals surface area contributed by atoms with Crippen LogP contribution in [-0.2, 0) is 16.0 Å². The first kappa shape index (κ1) is 10.4. The fourth-order valence-corrected chi connectivity index (χ4v) is 0.980. The zero-order valence-corrected chi connectivity index (χ0v) is 7.87. The first-order valence-electron chi connectivity index (χ1n) is 4.21. The highest BCUT2D eigenvalue weighted by Crippen LogP contribution is 2.03. The molecule has 0 saturated carbocycles. The maximum absolute atomic E-state index is 12.5. The lowest BCUT2D eigenvalue weighted by atomic mass is 10.1. The maximum Gasteiger partial charge on any atom is 0.330 e. The van der Waals surface area contributed by atoms with Crippen LogP contribution in [0, 0.1) is 5.82 Å². The average Bonchev–Trinajstić information content (AvgIpc) is 2.21. The van der Waals surface area contributed by atoms with Crippen molar-refractivity contribution in [2.45, 2.75) is 6.42 Å². The maximum atomic E-state index is 12.5. The van der Waals surface area contributed by atoms with Gasteiger partial charge in [0.25, 0.3) is 0 Å². The predicted molar refractivity (Wildman–Crippen MR) is 51.3 cm³/mol. The van der Waals surface area contributed by atoms with E-state index in [0.29, 0.717) is 6.42 Å². The van der Waals surface area contributed by atoms with Crippen molar-refractivity contribution in [1.82, 2.24) is 0 Å². The van der Waals surface area contributed by atoms with E-state index >= 15 is 0 Å². The van der Waals surface area contributed by atoms with Gasteiger partial charge in [-0.1, -0.05) is 18.2 Å². The molecule has 0 aliphatic rings. The Hall–Kier alpha value is -1.64. The number of halogens is 1. The van der Waals surface area contributed by atoms with Gasteiger partial charge in [-0.15, -0.1) is 0 Å². The second-order valence-electron chi connectivity index (χ2n) is 2.76. The predicted octanol–water partition coefficient (Wildman–Crippen LogP) is 2.10. The third kappa shape index (κ3) is 3.39. The summed E-state index contributed by atoms with van der Waals surface area (Å²) in [7, 11) is 1.32. The molecule has 1 aromatic rings. The molecular formula is C11H11FO2. The molecule has 0 N–H and O–H groups in total. The Labute approximate surface area is 82.0 Å². The third-order valence-corrected chi connectivity index (χ3v) is 1.72. The van der Waals surface area contributed by atoms with Crippen molar-refractivity contribution in [3.05, 3.63) is 47.8 Å². The van der Waals surface area contributed by atoms with E-state index in [-0.39, 0.29) is 11.8 Å². The Morgan fingerprint density at radius 3 is 2.64 bits per heavy atom. The molecule has 14 heavy (non-hydrogen) atoms. The molecule has 0 unspecified atom stereocenters. The average molecular weight is 194 g/mol. The van der Waals surface area contributed by atoms with Crippen LogP contribution in [0.15, 0.2) is 36.4 Å². The summed E-state index contributed by atoms with van der Waals surface area (Å²) in [5.41, 5.74) is 0.951. The molecule has 74 valence electrons. The standard InChI is InChI=1S/C11H11FO2/c1-14-11(13)4-2-3-9-5-7-10(12)8-6-9/h2,4-8H,3H2,1H3. The number of benzene rings is 1. The Kier molecular flexibility index (Phi) is 3.85. The second-order valence-corrected chi connectivity index (χ2v) is 2.76. The van der Waals surface area contributed by atoms with Gasteiger partial charge in [-0.25, -0.2) is 9.18 Å². The number of hydrogen-bond acceptors (Lipinski definition) is 2. The normalized spacial score (nSPS) is 10.4. The molecule has 0 aliphatic carbocycles. The Balaban J connectivity index is 2.49. The van der Waals surface area contributed by atoms with E-state index in [1.54, 1.807) is 18.2 Å². The first-order chi connectivity index (χ1) is 6.72. The molecule has 0 amide bonds. The van der Waals surface area contributed by atoms with Crippen molar-refractivity contribution in [3.8, 4) is 0 Å². The van der Waals surface area contributed by atoms with E-state index in [1.807, 2.05) is 0 Å². The van der Waals surface area contributed by atoms with Crippen LogP contribution in [0.1, 0.15) is 5.56 Å². The van der Waals surface area contributed by atoms with E-state index in [9.17, 15) is 9.18 Å². The number of ether oxygens (including phenoxy) is 1. The van der Waals surface area contributed by atoms with Crippen molar-refractivity contribution in [2.24, 2.45) is 0 Å². The summed E-state index contributed by atoms with van der Waals surface area (Å²) >= 11 is 0. The molecule has 0 bridgehead atoms. The number of carbonyl (C=O) groups excluding carboxylic acids is 1. The van der Waals surface area contributed by atoms with Crippen molar-refractivity contribution >= 4 is 5.97 Å². The van der Waals surface area contributed by atoms with E-state index in [0.717, 1.165) is 5.56 Å². The molecule has 1 aromatic carbocycles. The van der Waals surface area contributed by atoms with Crippen LogP contribution in [0.3, 0.4) is 0 Å². The minimum atomic E-state index is -0.382. The van der Waals surface area contributed by atoms with E-state index < -0.39 is 0 Å². The molecule has 0 spiro atoms. The first-order valence-corrected chi connectivity index (χ1v) is 4.21. The van der Waals surface area contributed by atoms with Gasteiger partial charge < -0.3 is 4.74 Å². The second kappa shape index (κ2) is 5.17. The summed E-state index contributed by atoms with van der Waals surface area (Å²) in [5.74, 6) is -0.641. The van der Waals surface area contributed by atoms with Crippen LogP contribution in [-0.4, -0.2) is 13.1 Å². The lowest BCUT2D eigenvalue weighted by Crippen LogP contribution is -1.94. The summed E-state index contributed by atoms with van der Waals surface area (Å²) in [6.07, 6.45) is 3.62. The van der Waals surface area contributed by atoms with Gasteiger partial charge in [0.05, 0.1) is 7.11 Å². The summed E-state index contributed by atoms with van der Waals surface area (Å²) in [5, 5.41) is 0. The van der Waals surface area contributed by atoms with Crippen LogP contribution in [0.5, 0.6) is 0 Å². The molecule has 0 saturated heterocycles. The molecular weight excluding hydrogens is 183 g/mol. The topological polar surface area (TPSA) is 26.3 Å². The van der Waals surface area contributed by atoms with E-state index in [1.165, 1.54) is 25.3 Å².